The smallest absolute Gasteiger partial charge is 0.0408 e. The lowest BCUT2D eigenvalue weighted by Gasteiger charge is -2.11. The lowest BCUT2D eigenvalue weighted by molar-refractivity contribution is 0.748. The van der Waals surface area contributed by atoms with Gasteiger partial charge in [-0.05, 0) is 30.2 Å². The molecule has 0 fully saturated rings. The zero-order valence-corrected chi connectivity index (χ0v) is 9.14. The molecule has 0 bridgehead atoms. The summed E-state index contributed by atoms with van der Waals surface area (Å²) in [7, 11) is 0. The van der Waals surface area contributed by atoms with Gasteiger partial charge in [0.25, 0.3) is 0 Å². The van der Waals surface area contributed by atoms with E-state index >= 15 is 0 Å². The Balaban J connectivity index is 2.96. The van der Waals surface area contributed by atoms with Gasteiger partial charge in [0.2, 0.25) is 0 Å². The molecule has 0 heterocycles. The molecule has 1 aromatic carbocycles. The predicted octanol–water partition coefficient (Wildman–Crippen LogP) is 2.78. The second kappa shape index (κ2) is 4.45. The van der Waals surface area contributed by atoms with Crippen LogP contribution >= 0.6 is 15.9 Å². The van der Waals surface area contributed by atoms with Crippen LogP contribution in [0.3, 0.4) is 0 Å². The molecule has 1 unspecified atom stereocenters. The Labute approximate surface area is 87.5 Å². The molecule has 2 N–H and O–H groups in total. The van der Waals surface area contributed by atoms with Gasteiger partial charge in [-0.3, -0.25) is 0 Å². The summed E-state index contributed by atoms with van der Waals surface area (Å²) in [6.45, 7) is 2.04. The summed E-state index contributed by atoms with van der Waals surface area (Å²) in [4.78, 5) is 0. The lowest BCUT2D eigenvalue weighted by atomic mass is 10.0. The number of aryl methyl sites for hydroxylation is 1. The average molecular weight is 238 g/mol. The van der Waals surface area contributed by atoms with Crippen LogP contribution in [0.4, 0.5) is 0 Å². The molecular weight excluding hydrogens is 226 g/mol. The van der Waals surface area contributed by atoms with Crippen molar-refractivity contribution < 1.29 is 0 Å². The zero-order valence-electron chi connectivity index (χ0n) is 7.55. The molecule has 0 aliphatic heterocycles. The van der Waals surface area contributed by atoms with Crippen LogP contribution in [0.25, 0.3) is 0 Å². The summed E-state index contributed by atoms with van der Waals surface area (Å²) >= 11 is 3.40. The number of halogens is 1. The van der Waals surface area contributed by atoms with Crippen LogP contribution in [0.2, 0.25) is 0 Å². The molecule has 68 valence electrons. The molecule has 0 amide bonds. The van der Waals surface area contributed by atoms with Crippen LogP contribution < -0.4 is 5.73 Å². The standard InChI is InChI=1S/C11H12BrN/c1-3-4-11(13)10-6-5-9(12)7-8(10)2/h1,5-7,11H,4,13H2,2H3. The number of rotatable bonds is 2. The molecule has 0 aliphatic rings. The second-order valence-corrected chi connectivity index (χ2v) is 3.93. The summed E-state index contributed by atoms with van der Waals surface area (Å²) in [5, 5.41) is 0. The van der Waals surface area contributed by atoms with Gasteiger partial charge in [0.1, 0.15) is 0 Å². The molecule has 0 aromatic heterocycles. The average Bonchev–Trinajstić information content (AvgIpc) is 2.04. The van der Waals surface area contributed by atoms with Gasteiger partial charge in [0.15, 0.2) is 0 Å². The van der Waals surface area contributed by atoms with Gasteiger partial charge >= 0.3 is 0 Å². The maximum Gasteiger partial charge on any atom is 0.0408 e. The van der Waals surface area contributed by atoms with E-state index in [0.29, 0.717) is 6.42 Å². The first-order valence-electron chi connectivity index (χ1n) is 4.10. The molecule has 1 atom stereocenters. The van der Waals surface area contributed by atoms with Crippen molar-refractivity contribution in [1.82, 2.24) is 0 Å². The first-order valence-corrected chi connectivity index (χ1v) is 4.89. The Bertz CT molecular complexity index is 338. The molecule has 0 saturated heterocycles. The van der Waals surface area contributed by atoms with Crippen molar-refractivity contribution in [3.63, 3.8) is 0 Å². The number of terminal acetylenes is 1. The van der Waals surface area contributed by atoms with E-state index in [1.165, 1.54) is 5.56 Å². The van der Waals surface area contributed by atoms with Crippen molar-refractivity contribution in [2.24, 2.45) is 5.73 Å². The highest BCUT2D eigenvalue weighted by molar-refractivity contribution is 9.10. The van der Waals surface area contributed by atoms with Gasteiger partial charge in [0.05, 0.1) is 0 Å². The van der Waals surface area contributed by atoms with E-state index in [-0.39, 0.29) is 6.04 Å². The first kappa shape index (κ1) is 10.3. The topological polar surface area (TPSA) is 26.0 Å². The summed E-state index contributed by atoms with van der Waals surface area (Å²) in [5.74, 6) is 2.57. The quantitative estimate of drug-likeness (QED) is 0.787. The normalized spacial score (nSPS) is 12.2. The van der Waals surface area contributed by atoms with Gasteiger partial charge in [0, 0.05) is 16.9 Å². The van der Waals surface area contributed by atoms with E-state index in [4.69, 9.17) is 12.2 Å². The van der Waals surface area contributed by atoms with Crippen molar-refractivity contribution in [3.05, 3.63) is 33.8 Å². The second-order valence-electron chi connectivity index (χ2n) is 3.02. The predicted molar refractivity (Wildman–Crippen MR) is 59.3 cm³/mol. The molecule has 0 saturated carbocycles. The summed E-state index contributed by atoms with van der Waals surface area (Å²) in [5.41, 5.74) is 8.20. The largest absolute Gasteiger partial charge is 0.323 e. The Kier molecular flexibility index (Phi) is 3.53. The Hall–Kier alpha value is -0.780. The van der Waals surface area contributed by atoms with Gasteiger partial charge in [-0.15, -0.1) is 12.3 Å². The van der Waals surface area contributed by atoms with Gasteiger partial charge in [-0.2, -0.15) is 0 Å². The van der Waals surface area contributed by atoms with Crippen molar-refractivity contribution in [3.8, 4) is 12.3 Å². The minimum atomic E-state index is -0.0434. The Morgan fingerprint density at radius 3 is 2.85 bits per heavy atom. The van der Waals surface area contributed by atoms with Crippen LogP contribution in [0, 0.1) is 19.3 Å². The molecule has 0 aliphatic carbocycles. The van der Waals surface area contributed by atoms with Crippen LogP contribution in [-0.2, 0) is 0 Å². The van der Waals surface area contributed by atoms with Crippen molar-refractivity contribution in [2.45, 2.75) is 19.4 Å². The Morgan fingerprint density at radius 1 is 1.62 bits per heavy atom. The molecule has 1 rings (SSSR count). The third kappa shape index (κ3) is 2.58. The van der Waals surface area contributed by atoms with E-state index < -0.39 is 0 Å². The minimum absolute atomic E-state index is 0.0434. The third-order valence-electron chi connectivity index (χ3n) is 1.97. The van der Waals surface area contributed by atoms with Crippen LogP contribution in [0.5, 0.6) is 0 Å². The van der Waals surface area contributed by atoms with Crippen molar-refractivity contribution >= 4 is 15.9 Å². The van der Waals surface area contributed by atoms with E-state index in [9.17, 15) is 0 Å². The highest BCUT2D eigenvalue weighted by Crippen LogP contribution is 2.21. The van der Waals surface area contributed by atoms with Gasteiger partial charge in [-0.25, -0.2) is 0 Å². The lowest BCUT2D eigenvalue weighted by Crippen LogP contribution is -2.10. The van der Waals surface area contributed by atoms with Crippen LogP contribution in [0.15, 0.2) is 22.7 Å². The summed E-state index contributed by atoms with van der Waals surface area (Å²) in [6, 6.07) is 6.00. The fourth-order valence-corrected chi connectivity index (χ4v) is 1.77. The third-order valence-corrected chi connectivity index (χ3v) is 2.46. The van der Waals surface area contributed by atoms with E-state index in [2.05, 4.69) is 21.9 Å². The minimum Gasteiger partial charge on any atom is -0.323 e. The number of hydrogen-bond acceptors (Lipinski definition) is 1. The van der Waals surface area contributed by atoms with Gasteiger partial charge in [-0.1, -0.05) is 22.0 Å². The monoisotopic (exact) mass is 237 g/mol. The molecule has 13 heavy (non-hydrogen) atoms. The van der Waals surface area contributed by atoms with Gasteiger partial charge < -0.3 is 5.73 Å². The molecule has 1 nitrogen and oxygen atoms in total. The van der Waals surface area contributed by atoms with E-state index in [1.54, 1.807) is 0 Å². The molecule has 0 spiro atoms. The molecular formula is C11H12BrN. The highest BCUT2D eigenvalue weighted by atomic mass is 79.9. The SMILES string of the molecule is C#CCC(N)c1ccc(Br)cc1C. The molecule has 2 heteroatoms. The zero-order chi connectivity index (χ0) is 9.84. The Morgan fingerprint density at radius 2 is 2.31 bits per heavy atom. The highest BCUT2D eigenvalue weighted by Gasteiger charge is 2.06. The van der Waals surface area contributed by atoms with Crippen LogP contribution in [-0.4, -0.2) is 0 Å². The maximum absolute atomic E-state index is 5.90. The van der Waals surface area contributed by atoms with E-state index in [0.717, 1.165) is 10.0 Å². The fraction of sp³-hybridized carbons (Fsp3) is 0.273. The first-order chi connectivity index (χ1) is 6.15. The summed E-state index contributed by atoms with van der Waals surface area (Å²) < 4.78 is 1.07. The molecule has 0 radical (unpaired) electrons. The van der Waals surface area contributed by atoms with E-state index in [1.807, 2.05) is 25.1 Å². The number of hydrogen-bond donors (Lipinski definition) is 1. The number of benzene rings is 1. The molecule has 1 aromatic rings. The van der Waals surface area contributed by atoms with Crippen molar-refractivity contribution in [1.29, 1.82) is 0 Å². The number of nitrogens with two attached hydrogens (primary N) is 1. The summed E-state index contributed by atoms with van der Waals surface area (Å²) in [6.07, 6.45) is 5.79. The van der Waals surface area contributed by atoms with Crippen LogP contribution in [0.1, 0.15) is 23.6 Å². The van der Waals surface area contributed by atoms with Crippen molar-refractivity contribution in [2.75, 3.05) is 0 Å². The fourth-order valence-electron chi connectivity index (χ4n) is 1.29. The maximum atomic E-state index is 5.90.